The fourth-order valence-corrected chi connectivity index (χ4v) is 5.41. The number of carboxylic acid groups (broad SMARTS) is 1. The molecule has 0 radical (unpaired) electrons. The molecule has 0 saturated carbocycles. The lowest BCUT2D eigenvalue weighted by Crippen LogP contribution is -2.07. The Balaban J connectivity index is 1.65. The van der Waals surface area contributed by atoms with Gasteiger partial charge in [-0.25, -0.2) is 9.97 Å². The van der Waals surface area contributed by atoms with Gasteiger partial charge in [0.2, 0.25) is 0 Å². The lowest BCUT2D eigenvalue weighted by Gasteiger charge is -2.13. The minimum absolute atomic E-state index is 0.0515. The number of fused-ring (bicyclic) bond motifs is 3. The average Bonchev–Trinajstić information content (AvgIpc) is 3.05. The molecule has 0 spiro atoms. The number of thiophene rings is 1. The summed E-state index contributed by atoms with van der Waals surface area (Å²) in [4.78, 5) is 22.7. The van der Waals surface area contributed by atoms with Gasteiger partial charge in [-0.1, -0.05) is 23.7 Å². The van der Waals surface area contributed by atoms with E-state index in [0.29, 0.717) is 18.1 Å². The second-order valence-corrected chi connectivity index (χ2v) is 9.25. The monoisotopic (exact) mass is 433 g/mol. The molecule has 4 rings (SSSR count). The maximum absolute atomic E-state index is 10.8. The van der Waals surface area contributed by atoms with Crippen LogP contribution in [0, 0.1) is 0 Å². The minimum atomic E-state index is -0.821. The van der Waals surface area contributed by atoms with Gasteiger partial charge in [0.25, 0.3) is 0 Å². The molecule has 146 valence electrons. The molecule has 0 bridgehead atoms. The van der Waals surface area contributed by atoms with E-state index in [4.69, 9.17) is 26.7 Å². The number of aromatic nitrogens is 2. The molecule has 0 aliphatic heterocycles. The van der Waals surface area contributed by atoms with E-state index in [0.717, 1.165) is 39.5 Å². The van der Waals surface area contributed by atoms with Crippen molar-refractivity contribution in [1.29, 1.82) is 0 Å². The van der Waals surface area contributed by atoms with Gasteiger partial charge in [-0.05, 0) is 48.9 Å². The van der Waals surface area contributed by atoms with Gasteiger partial charge in [0.1, 0.15) is 16.5 Å². The van der Waals surface area contributed by atoms with Gasteiger partial charge in [-0.2, -0.15) is 0 Å². The number of benzene rings is 1. The van der Waals surface area contributed by atoms with Crippen LogP contribution in [-0.4, -0.2) is 26.8 Å². The van der Waals surface area contributed by atoms with Gasteiger partial charge in [0.15, 0.2) is 0 Å². The summed E-state index contributed by atoms with van der Waals surface area (Å²) < 4.78 is 0. The summed E-state index contributed by atoms with van der Waals surface area (Å²) in [7, 11) is 0. The Kier molecular flexibility index (Phi) is 6.04. The standard InChI is InChI=1S/C20H20ClN3O2S2/c21-13-7-5-12(6-8-13)9-22-19-18-14-3-1-2-4-15(14)28-20(18)24-16(23-19)10-27-11-17(25)26/h5-8H,1-4,9-11H2,(H,25,26)(H,22,23,24). The fraction of sp³-hybridized carbons (Fsp3) is 0.350. The Morgan fingerprint density at radius 2 is 2.00 bits per heavy atom. The number of hydrogen-bond acceptors (Lipinski definition) is 6. The first-order valence-corrected chi connectivity index (χ1v) is 11.5. The largest absolute Gasteiger partial charge is 0.481 e. The van der Waals surface area contributed by atoms with Crippen molar-refractivity contribution < 1.29 is 9.90 Å². The van der Waals surface area contributed by atoms with Gasteiger partial charge in [0, 0.05) is 16.4 Å². The molecule has 0 unspecified atom stereocenters. The van der Waals surface area contributed by atoms with E-state index in [2.05, 4.69) is 5.32 Å². The lowest BCUT2D eigenvalue weighted by atomic mass is 9.97. The highest BCUT2D eigenvalue weighted by atomic mass is 35.5. The zero-order valence-electron chi connectivity index (χ0n) is 15.2. The topological polar surface area (TPSA) is 75.1 Å². The first-order chi connectivity index (χ1) is 13.6. The minimum Gasteiger partial charge on any atom is -0.481 e. The Bertz CT molecular complexity index is 1000. The summed E-state index contributed by atoms with van der Waals surface area (Å²) in [5.41, 5.74) is 2.51. The molecule has 3 aromatic rings. The lowest BCUT2D eigenvalue weighted by molar-refractivity contribution is -0.133. The number of carboxylic acids is 1. The summed E-state index contributed by atoms with van der Waals surface area (Å²) in [5.74, 6) is 1.25. The molecule has 0 atom stereocenters. The van der Waals surface area contributed by atoms with Crippen LogP contribution in [0.25, 0.3) is 10.2 Å². The van der Waals surface area contributed by atoms with Crippen LogP contribution in [0.2, 0.25) is 5.02 Å². The second-order valence-electron chi connectivity index (χ2n) is 6.75. The molecule has 2 aromatic heterocycles. The van der Waals surface area contributed by atoms with Gasteiger partial charge in [-0.3, -0.25) is 4.79 Å². The van der Waals surface area contributed by atoms with E-state index in [-0.39, 0.29) is 5.75 Å². The third-order valence-corrected chi connectivity index (χ3v) is 7.04. The summed E-state index contributed by atoms with van der Waals surface area (Å²) >= 11 is 9.06. The van der Waals surface area contributed by atoms with Gasteiger partial charge in [-0.15, -0.1) is 23.1 Å². The molecule has 0 fully saturated rings. The first kappa shape index (κ1) is 19.5. The summed E-state index contributed by atoms with van der Waals surface area (Å²) in [6.07, 6.45) is 4.60. The molecule has 0 saturated heterocycles. The van der Waals surface area contributed by atoms with Crippen molar-refractivity contribution in [2.45, 2.75) is 38.0 Å². The number of thioether (sulfide) groups is 1. The van der Waals surface area contributed by atoms with Gasteiger partial charge < -0.3 is 10.4 Å². The molecule has 1 aliphatic rings. The summed E-state index contributed by atoms with van der Waals surface area (Å²) in [6.45, 7) is 0.648. The van der Waals surface area contributed by atoms with Crippen molar-refractivity contribution >= 4 is 56.7 Å². The van der Waals surface area contributed by atoms with Crippen molar-refractivity contribution in [2.24, 2.45) is 0 Å². The Hall–Kier alpha value is -1.83. The number of carbonyl (C=O) groups is 1. The molecule has 2 N–H and O–H groups in total. The zero-order valence-corrected chi connectivity index (χ0v) is 17.6. The molecule has 2 heterocycles. The number of rotatable bonds is 7. The van der Waals surface area contributed by atoms with Crippen molar-refractivity contribution in [3.8, 4) is 0 Å². The number of aliphatic carboxylic acids is 1. The fourth-order valence-electron chi connectivity index (χ4n) is 3.41. The molecule has 1 aliphatic carbocycles. The SMILES string of the molecule is O=C(O)CSCc1nc(NCc2ccc(Cl)cc2)c2c3c(sc2n1)CCCC3. The Morgan fingerprint density at radius 1 is 1.21 bits per heavy atom. The van der Waals surface area contributed by atoms with Crippen molar-refractivity contribution in [2.75, 3.05) is 11.1 Å². The van der Waals surface area contributed by atoms with Crippen molar-refractivity contribution in [1.82, 2.24) is 9.97 Å². The quantitative estimate of drug-likeness (QED) is 0.536. The summed E-state index contributed by atoms with van der Waals surface area (Å²) in [6, 6.07) is 7.77. The van der Waals surface area contributed by atoms with Crippen LogP contribution < -0.4 is 5.32 Å². The number of nitrogens with one attached hydrogen (secondary N) is 1. The highest BCUT2D eigenvalue weighted by molar-refractivity contribution is 7.99. The maximum Gasteiger partial charge on any atom is 0.313 e. The van der Waals surface area contributed by atoms with E-state index >= 15 is 0 Å². The van der Waals surface area contributed by atoms with Crippen molar-refractivity contribution in [3.63, 3.8) is 0 Å². The number of aryl methyl sites for hydroxylation is 2. The second kappa shape index (κ2) is 8.68. The van der Waals surface area contributed by atoms with Crippen LogP contribution in [-0.2, 0) is 29.9 Å². The van der Waals surface area contributed by atoms with Crippen LogP contribution in [0.4, 0.5) is 5.82 Å². The van der Waals surface area contributed by atoms with E-state index in [1.54, 1.807) is 11.3 Å². The zero-order chi connectivity index (χ0) is 19.5. The molecule has 0 amide bonds. The molecule has 8 heteroatoms. The van der Waals surface area contributed by atoms with E-state index < -0.39 is 5.97 Å². The highest BCUT2D eigenvalue weighted by Crippen LogP contribution is 2.39. The Labute approximate surface area is 176 Å². The number of nitrogens with zero attached hydrogens (tertiary/aromatic N) is 2. The molecule has 5 nitrogen and oxygen atoms in total. The van der Waals surface area contributed by atoms with Crippen LogP contribution >= 0.6 is 34.7 Å². The summed E-state index contributed by atoms with van der Waals surface area (Å²) in [5, 5.41) is 14.2. The Morgan fingerprint density at radius 3 is 2.79 bits per heavy atom. The number of halogens is 1. The third-order valence-electron chi connectivity index (χ3n) is 4.69. The van der Waals surface area contributed by atoms with Crippen molar-refractivity contribution in [3.05, 3.63) is 51.1 Å². The molecular weight excluding hydrogens is 414 g/mol. The highest BCUT2D eigenvalue weighted by Gasteiger charge is 2.21. The first-order valence-electron chi connectivity index (χ1n) is 9.19. The average molecular weight is 434 g/mol. The van der Waals surface area contributed by atoms with Crippen LogP contribution in [0.1, 0.15) is 34.7 Å². The maximum atomic E-state index is 10.8. The predicted octanol–water partition coefficient (Wildman–Crippen LogP) is 5.15. The normalized spacial score (nSPS) is 13.5. The molecule has 28 heavy (non-hydrogen) atoms. The van der Waals surface area contributed by atoms with Crippen LogP contribution in [0.5, 0.6) is 0 Å². The van der Waals surface area contributed by atoms with Crippen LogP contribution in [0.3, 0.4) is 0 Å². The van der Waals surface area contributed by atoms with Crippen LogP contribution in [0.15, 0.2) is 24.3 Å². The third kappa shape index (κ3) is 4.42. The van der Waals surface area contributed by atoms with E-state index in [9.17, 15) is 4.79 Å². The molecule has 1 aromatic carbocycles. The smallest absolute Gasteiger partial charge is 0.313 e. The van der Waals surface area contributed by atoms with Gasteiger partial charge in [0.05, 0.1) is 16.9 Å². The van der Waals surface area contributed by atoms with E-state index in [1.165, 1.54) is 35.0 Å². The molecular formula is C20H20ClN3O2S2. The number of anilines is 1. The predicted molar refractivity (Wildman–Crippen MR) is 117 cm³/mol. The van der Waals surface area contributed by atoms with Gasteiger partial charge >= 0.3 is 5.97 Å². The van der Waals surface area contributed by atoms with E-state index in [1.807, 2.05) is 24.3 Å². The number of hydrogen-bond donors (Lipinski definition) is 2.